The van der Waals surface area contributed by atoms with Crippen molar-refractivity contribution in [1.82, 2.24) is 14.9 Å². The Bertz CT molecular complexity index is 432. The third kappa shape index (κ3) is 4.77. The van der Waals surface area contributed by atoms with E-state index in [2.05, 4.69) is 16.9 Å². The van der Waals surface area contributed by atoms with Gasteiger partial charge in [-0.15, -0.1) is 6.58 Å². The Balaban J connectivity index is 2.75. The van der Waals surface area contributed by atoms with E-state index in [1.165, 1.54) is 0 Å². The lowest BCUT2D eigenvalue weighted by molar-refractivity contribution is 0.0500. The largest absolute Gasteiger partial charge is 0.444 e. The van der Waals surface area contributed by atoms with Gasteiger partial charge in [0.1, 0.15) is 5.60 Å². The first-order valence-electron chi connectivity index (χ1n) is 6.47. The summed E-state index contributed by atoms with van der Waals surface area (Å²) in [6.45, 7) is 11.9. The van der Waals surface area contributed by atoms with Crippen LogP contribution < -0.4 is 5.32 Å². The molecule has 1 aromatic heterocycles. The van der Waals surface area contributed by atoms with E-state index in [4.69, 9.17) is 4.74 Å². The van der Waals surface area contributed by atoms with Crippen LogP contribution in [0.25, 0.3) is 0 Å². The summed E-state index contributed by atoms with van der Waals surface area (Å²) in [5.41, 5.74) is 0.456. The molecule has 5 heteroatoms. The number of carbonyl (C=O) groups is 1. The number of nitrogens with zero attached hydrogens (tertiary/aromatic N) is 2. The number of allylic oxidation sites excluding steroid dienone is 1. The predicted octanol–water partition coefficient (Wildman–Crippen LogP) is 3.04. The molecule has 0 saturated carbocycles. The lowest BCUT2D eigenvalue weighted by atomic mass is 10.1. The van der Waals surface area contributed by atoms with Gasteiger partial charge in [0.15, 0.2) is 0 Å². The van der Waals surface area contributed by atoms with Gasteiger partial charge in [-0.3, -0.25) is 0 Å². The number of ether oxygens (including phenoxy) is 1. The first-order valence-corrected chi connectivity index (χ1v) is 6.47. The second-order valence-corrected chi connectivity index (χ2v) is 5.37. The third-order valence-corrected chi connectivity index (χ3v) is 2.53. The normalized spacial score (nSPS) is 12.8. The quantitative estimate of drug-likeness (QED) is 0.832. The maximum Gasteiger partial charge on any atom is 0.408 e. The Morgan fingerprint density at radius 3 is 2.84 bits per heavy atom. The highest BCUT2D eigenvalue weighted by Gasteiger charge is 2.21. The molecule has 1 aromatic rings. The van der Waals surface area contributed by atoms with Gasteiger partial charge in [-0.2, -0.15) is 0 Å². The van der Waals surface area contributed by atoms with Gasteiger partial charge >= 0.3 is 6.09 Å². The average molecular weight is 265 g/mol. The zero-order valence-corrected chi connectivity index (χ0v) is 12.1. The van der Waals surface area contributed by atoms with Crippen LogP contribution in [-0.4, -0.2) is 21.2 Å². The molecule has 1 N–H and O–H groups in total. The molecule has 0 aliphatic carbocycles. The molecular weight excluding hydrogens is 242 g/mol. The highest BCUT2D eigenvalue weighted by Crippen LogP contribution is 2.17. The minimum atomic E-state index is -0.496. The fourth-order valence-electron chi connectivity index (χ4n) is 1.75. The molecule has 0 fully saturated rings. The van der Waals surface area contributed by atoms with Gasteiger partial charge < -0.3 is 14.6 Å². The number of aromatic nitrogens is 2. The monoisotopic (exact) mass is 265 g/mol. The Hall–Kier alpha value is -1.78. The van der Waals surface area contributed by atoms with Gasteiger partial charge in [0.25, 0.3) is 0 Å². The Morgan fingerprint density at radius 2 is 2.32 bits per heavy atom. The van der Waals surface area contributed by atoms with Crippen LogP contribution >= 0.6 is 0 Å². The number of imidazole rings is 1. The minimum absolute atomic E-state index is 0.114. The van der Waals surface area contributed by atoms with Gasteiger partial charge in [-0.25, -0.2) is 9.78 Å². The molecule has 0 radical (unpaired) electrons. The molecule has 1 rings (SSSR count). The molecular formula is C14H23N3O2. The molecule has 19 heavy (non-hydrogen) atoms. The third-order valence-electron chi connectivity index (χ3n) is 2.53. The van der Waals surface area contributed by atoms with Gasteiger partial charge in [0, 0.05) is 6.54 Å². The molecule has 5 nitrogen and oxygen atoms in total. The van der Waals surface area contributed by atoms with Crippen molar-refractivity contribution in [3.8, 4) is 0 Å². The minimum Gasteiger partial charge on any atom is -0.444 e. The first-order chi connectivity index (χ1) is 8.87. The van der Waals surface area contributed by atoms with Crippen LogP contribution in [0.3, 0.4) is 0 Å². The zero-order valence-electron chi connectivity index (χ0n) is 12.1. The van der Waals surface area contributed by atoms with E-state index in [0.717, 1.165) is 12.1 Å². The van der Waals surface area contributed by atoms with Crippen molar-refractivity contribution in [2.45, 2.75) is 52.3 Å². The molecule has 1 heterocycles. The number of carbonyl (C=O) groups excluding carboxylic acids is 1. The van der Waals surface area contributed by atoms with Crippen molar-refractivity contribution in [3.05, 3.63) is 30.9 Å². The molecule has 0 bridgehead atoms. The van der Waals surface area contributed by atoms with E-state index < -0.39 is 11.7 Å². The van der Waals surface area contributed by atoms with Crippen molar-refractivity contribution < 1.29 is 9.53 Å². The van der Waals surface area contributed by atoms with E-state index in [1.54, 1.807) is 18.6 Å². The summed E-state index contributed by atoms with van der Waals surface area (Å²) in [6.07, 6.45) is 5.64. The summed E-state index contributed by atoms with van der Waals surface area (Å²) < 4.78 is 7.22. The van der Waals surface area contributed by atoms with Crippen LogP contribution in [0.4, 0.5) is 4.79 Å². The lowest BCUT2D eigenvalue weighted by Gasteiger charge is -2.23. The smallest absolute Gasteiger partial charge is 0.408 e. The molecule has 106 valence electrons. The van der Waals surface area contributed by atoms with Crippen molar-refractivity contribution in [3.63, 3.8) is 0 Å². The van der Waals surface area contributed by atoms with Crippen molar-refractivity contribution in [1.29, 1.82) is 0 Å². The topological polar surface area (TPSA) is 56.2 Å². The standard InChI is InChI=1S/C14H23N3O2/c1-6-8-17-10-15-9-12(17)11(7-2)16-13(18)19-14(3,4)5/h6,9-11H,1,7-8H2,2-5H3,(H,16,18)/t11-/m1/s1. The Labute approximate surface area is 114 Å². The van der Waals surface area contributed by atoms with Crippen molar-refractivity contribution in [2.75, 3.05) is 0 Å². The number of hydrogen-bond acceptors (Lipinski definition) is 3. The molecule has 0 aliphatic rings. The summed E-state index contributed by atoms with van der Waals surface area (Å²) in [5.74, 6) is 0. The van der Waals surface area contributed by atoms with Crippen LogP contribution in [0.1, 0.15) is 45.9 Å². The maximum absolute atomic E-state index is 11.8. The summed E-state index contributed by atoms with van der Waals surface area (Å²) >= 11 is 0. The highest BCUT2D eigenvalue weighted by atomic mass is 16.6. The van der Waals surface area contributed by atoms with E-state index in [-0.39, 0.29) is 6.04 Å². The van der Waals surface area contributed by atoms with E-state index in [1.807, 2.05) is 32.3 Å². The molecule has 0 aromatic carbocycles. The number of alkyl carbamates (subject to hydrolysis) is 1. The van der Waals surface area contributed by atoms with Crippen LogP contribution in [0.5, 0.6) is 0 Å². The van der Waals surface area contributed by atoms with Gasteiger partial charge in [-0.1, -0.05) is 13.0 Å². The summed E-state index contributed by atoms with van der Waals surface area (Å²) in [6, 6.07) is -0.114. The SMILES string of the molecule is C=CCn1cncc1[C@@H](CC)NC(=O)OC(C)(C)C. The highest BCUT2D eigenvalue weighted by molar-refractivity contribution is 5.68. The second-order valence-electron chi connectivity index (χ2n) is 5.37. The summed E-state index contributed by atoms with van der Waals surface area (Å²) in [7, 11) is 0. The molecule has 0 spiro atoms. The van der Waals surface area contributed by atoms with Crippen LogP contribution in [0.15, 0.2) is 25.2 Å². The van der Waals surface area contributed by atoms with E-state index in [9.17, 15) is 4.79 Å². The number of rotatable bonds is 5. The fraction of sp³-hybridized carbons (Fsp3) is 0.571. The lowest BCUT2D eigenvalue weighted by Crippen LogP contribution is -2.35. The molecule has 0 unspecified atom stereocenters. The zero-order chi connectivity index (χ0) is 14.5. The number of hydrogen-bond donors (Lipinski definition) is 1. The van der Waals surface area contributed by atoms with E-state index in [0.29, 0.717) is 6.54 Å². The van der Waals surface area contributed by atoms with Crippen LogP contribution in [0, 0.1) is 0 Å². The second kappa shape index (κ2) is 6.41. The Kier molecular flexibility index (Phi) is 5.15. The summed E-state index contributed by atoms with van der Waals surface area (Å²) in [5, 5.41) is 2.87. The van der Waals surface area contributed by atoms with Crippen molar-refractivity contribution in [2.24, 2.45) is 0 Å². The fourth-order valence-corrected chi connectivity index (χ4v) is 1.75. The molecule has 1 atom stereocenters. The van der Waals surface area contributed by atoms with E-state index >= 15 is 0 Å². The van der Waals surface area contributed by atoms with Gasteiger partial charge in [0.2, 0.25) is 0 Å². The van der Waals surface area contributed by atoms with Gasteiger partial charge in [-0.05, 0) is 27.2 Å². The van der Waals surface area contributed by atoms with Gasteiger partial charge in [0.05, 0.1) is 24.3 Å². The summed E-state index contributed by atoms with van der Waals surface area (Å²) in [4.78, 5) is 15.9. The maximum atomic E-state index is 11.8. The number of nitrogens with one attached hydrogen (secondary N) is 1. The predicted molar refractivity (Wildman–Crippen MR) is 74.8 cm³/mol. The molecule has 1 amide bonds. The first kappa shape index (κ1) is 15.3. The van der Waals surface area contributed by atoms with Crippen LogP contribution in [0.2, 0.25) is 0 Å². The number of amides is 1. The Morgan fingerprint density at radius 1 is 1.63 bits per heavy atom. The van der Waals surface area contributed by atoms with Crippen molar-refractivity contribution >= 4 is 6.09 Å². The molecule has 0 saturated heterocycles. The molecule has 0 aliphatic heterocycles. The average Bonchev–Trinajstić information content (AvgIpc) is 2.72. The van der Waals surface area contributed by atoms with Crippen LogP contribution in [-0.2, 0) is 11.3 Å².